The highest BCUT2D eigenvalue weighted by atomic mass is 16.1. The van der Waals surface area contributed by atoms with Crippen LogP contribution >= 0.6 is 0 Å². The Balaban J connectivity index is 2.47. The Morgan fingerprint density at radius 1 is 1.37 bits per heavy atom. The van der Waals surface area contributed by atoms with Gasteiger partial charge < -0.3 is 11.1 Å². The minimum Gasteiger partial charge on any atom is -0.356 e. The lowest BCUT2D eigenvalue weighted by atomic mass is 9.74. The molecule has 1 amide bonds. The second-order valence-electron chi connectivity index (χ2n) is 5.91. The standard InChI is InChI=1S/C15H31N3O/c1-4-13-6-9-15(12-16,10-7-13)18(3)11-8-14(19)17-5-2/h13H,4-12,16H2,1-3H3,(H,17,19). The lowest BCUT2D eigenvalue weighted by molar-refractivity contribution is -0.121. The van der Waals surface area contributed by atoms with Crippen LogP contribution in [0, 0.1) is 5.92 Å². The predicted octanol–water partition coefficient (Wildman–Crippen LogP) is 1.74. The van der Waals surface area contributed by atoms with Crippen molar-refractivity contribution in [2.75, 3.05) is 26.7 Å². The van der Waals surface area contributed by atoms with E-state index in [1.807, 2.05) is 6.92 Å². The van der Waals surface area contributed by atoms with Crippen molar-refractivity contribution >= 4 is 5.91 Å². The Bertz CT molecular complexity index is 273. The average molecular weight is 269 g/mol. The Labute approximate surface area is 118 Å². The molecular formula is C15H31N3O. The average Bonchev–Trinajstić information content (AvgIpc) is 2.45. The quantitative estimate of drug-likeness (QED) is 0.740. The van der Waals surface area contributed by atoms with Gasteiger partial charge in [-0.25, -0.2) is 0 Å². The van der Waals surface area contributed by atoms with Crippen LogP contribution in [0.1, 0.15) is 52.4 Å². The summed E-state index contributed by atoms with van der Waals surface area (Å²) in [6, 6.07) is 0. The van der Waals surface area contributed by atoms with Gasteiger partial charge in [0.15, 0.2) is 0 Å². The number of hydrogen-bond acceptors (Lipinski definition) is 3. The molecular weight excluding hydrogens is 238 g/mol. The first-order valence-corrected chi connectivity index (χ1v) is 7.76. The molecule has 0 bridgehead atoms. The molecule has 0 aromatic heterocycles. The number of likely N-dealkylation sites (N-methyl/N-ethyl adjacent to an activating group) is 1. The van der Waals surface area contributed by atoms with Crippen LogP contribution in [0.3, 0.4) is 0 Å². The largest absolute Gasteiger partial charge is 0.356 e. The molecule has 4 nitrogen and oxygen atoms in total. The van der Waals surface area contributed by atoms with Gasteiger partial charge >= 0.3 is 0 Å². The van der Waals surface area contributed by atoms with Gasteiger partial charge in [0.2, 0.25) is 5.91 Å². The van der Waals surface area contributed by atoms with Crippen LogP contribution in [-0.2, 0) is 4.79 Å². The molecule has 4 heteroatoms. The Kier molecular flexibility index (Phi) is 6.80. The molecule has 1 saturated carbocycles. The van der Waals surface area contributed by atoms with Gasteiger partial charge in [-0.3, -0.25) is 9.69 Å². The summed E-state index contributed by atoms with van der Waals surface area (Å²) in [5.74, 6) is 1.01. The van der Waals surface area contributed by atoms with E-state index >= 15 is 0 Å². The van der Waals surface area contributed by atoms with Crippen LogP contribution in [0.25, 0.3) is 0 Å². The third-order valence-corrected chi connectivity index (χ3v) is 4.85. The van der Waals surface area contributed by atoms with Gasteiger partial charge in [-0.05, 0) is 45.6 Å². The third-order valence-electron chi connectivity index (χ3n) is 4.85. The molecule has 1 fully saturated rings. The zero-order valence-corrected chi connectivity index (χ0v) is 12.9. The van der Waals surface area contributed by atoms with E-state index in [1.54, 1.807) is 0 Å². The maximum atomic E-state index is 11.6. The third kappa shape index (κ3) is 4.46. The summed E-state index contributed by atoms with van der Waals surface area (Å²) in [6.45, 7) is 6.45. The number of rotatable bonds is 7. The predicted molar refractivity (Wildman–Crippen MR) is 80.0 cm³/mol. The van der Waals surface area contributed by atoms with Crippen molar-refractivity contribution in [2.45, 2.75) is 57.9 Å². The first-order chi connectivity index (χ1) is 9.07. The molecule has 0 aliphatic heterocycles. The van der Waals surface area contributed by atoms with Gasteiger partial charge in [-0.1, -0.05) is 13.3 Å². The fourth-order valence-electron chi connectivity index (χ4n) is 3.16. The van der Waals surface area contributed by atoms with E-state index in [9.17, 15) is 4.79 Å². The summed E-state index contributed by atoms with van der Waals surface area (Å²) in [7, 11) is 2.12. The van der Waals surface area contributed by atoms with E-state index in [1.165, 1.54) is 32.1 Å². The molecule has 0 radical (unpaired) electrons. The summed E-state index contributed by atoms with van der Waals surface area (Å²) in [5, 5.41) is 2.85. The highest BCUT2D eigenvalue weighted by Gasteiger charge is 2.36. The number of carbonyl (C=O) groups excluding carboxylic acids is 1. The fourth-order valence-corrected chi connectivity index (χ4v) is 3.16. The Morgan fingerprint density at radius 2 is 2.00 bits per heavy atom. The van der Waals surface area contributed by atoms with Crippen molar-refractivity contribution in [1.82, 2.24) is 10.2 Å². The number of nitrogens with two attached hydrogens (primary N) is 1. The van der Waals surface area contributed by atoms with E-state index in [2.05, 4.69) is 24.2 Å². The number of carbonyl (C=O) groups is 1. The van der Waals surface area contributed by atoms with Crippen LogP contribution < -0.4 is 11.1 Å². The van der Waals surface area contributed by atoms with Crippen molar-refractivity contribution in [1.29, 1.82) is 0 Å². The summed E-state index contributed by atoms with van der Waals surface area (Å²) in [5.41, 5.74) is 6.17. The van der Waals surface area contributed by atoms with Crippen molar-refractivity contribution in [3.63, 3.8) is 0 Å². The molecule has 0 aromatic carbocycles. The van der Waals surface area contributed by atoms with E-state index in [-0.39, 0.29) is 11.4 Å². The number of nitrogens with zero attached hydrogens (tertiary/aromatic N) is 1. The maximum Gasteiger partial charge on any atom is 0.221 e. The van der Waals surface area contributed by atoms with Gasteiger partial charge in [0.25, 0.3) is 0 Å². The summed E-state index contributed by atoms with van der Waals surface area (Å²) < 4.78 is 0. The first-order valence-electron chi connectivity index (χ1n) is 7.76. The Hall–Kier alpha value is -0.610. The van der Waals surface area contributed by atoms with Crippen LogP contribution in [0.4, 0.5) is 0 Å². The second kappa shape index (κ2) is 7.85. The minimum atomic E-state index is 0.123. The molecule has 0 aromatic rings. The number of nitrogens with one attached hydrogen (secondary N) is 1. The van der Waals surface area contributed by atoms with E-state index in [0.29, 0.717) is 19.5 Å². The van der Waals surface area contributed by atoms with Gasteiger partial charge in [0.1, 0.15) is 0 Å². The van der Waals surface area contributed by atoms with Crippen molar-refractivity contribution in [2.24, 2.45) is 11.7 Å². The highest BCUT2D eigenvalue weighted by molar-refractivity contribution is 5.75. The van der Waals surface area contributed by atoms with E-state index < -0.39 is 0 Å². The Morgan fingerprint density at radius 3 is 2.47 bits per heavy atom. The molecule has 19 heavy (non-hydrogen) atoms. The highest BCUT2D eigenvalue weighted by Crippen LogP contribution is 2.36. The number of amides is 1. The molecule has 0 spiro atoms. The van der Waals surface area contributed by atoms with E-state index in [0.717, 1.165) is 12.5 Å². The number of hydrogen-bond donors (Lipinski definition) is 2. The molecule has 0 saturated heterocycles. The lowest BCUT2D eigenvalue weighted by Gasteiger charge is -2.46. The normalized spacial score (nSPS) is 27.5. The van der Waals surface area contributed by atoms with Crippen LogP contribution in [0.15, 0.2) is 0 Å². The summed E-state index contributed by atoms with van der Waals surface area (Å²) in [6.07, 6.45) is 6.76. The fraction of sp³-hybridized carbons (Fsp3) is 0.933. The van der Waals surface area contributed by atoms with Crippen LogP contribution in [0.5, 0.6) is 0 Å². The van der Waals surface area contributed by atoms with Gasteiger partial charge in [-0.15, -0.1) is 0 Å². The monoisotopic (exact) mass is 269 g/mol. The van der Waals surface area contributed by atoms with Crippen molar-refractivity contribution in [3.05, 3.63) is 0 Å². The molecule has 0 heterocycles. The molecule has 0 unspecified atom stereocenters. The summed E-state index contributed by atoms with van der Waals surface area (Å²) in [4.78, 5) is 13.9. The summed E-state index contributed by atoms with van der Waals surface area (Å²) >= 11 is 0. The lowest BCUT2D eigenvalue weighted by Crippen LogP contribution is -2.54. The molecule has 1 aliphatic rings. The van der Waals surface area contributed by atoms with Gasteiger partial charge in [0, 0.05) is 31.6 Å². The minimum absolute atomic E-state index is 0.123. The maximum absolute atomic E-state index is 11.6. The van der Waals surface area contributed by atoms with Crippen molar-refractivity contribution in [3.8, 4) is 0 Å². The molecule has 1 rings (SSSR count). The van der Waals surface area contributed by atoms with Crippen LogP contribution in [-0.4, -0.2) is 43.0 Å². The topological polar surface area (TPSA) is 58.4 Å². The van der Waals surface area contributed by atoms with Crippen molar-refractivity contribution < 1.29 is 4.79 Å². The van der Waals surface area contributed by atoms with E-state index in [4.69, 9.17) is 5.73 Å². The van der Waals surface area contributed by atoms with Crippen LogP contribution in [0.2, 0.25) is 0 Å². The van der Waals surface area contributed by atoms with Gasteiger partial charge in [0.05, 0.1) is 0 Å². The van der Waals surface area contributed by atoms with Gasteiger partial charge in [-0.2, -0.15) is 0 Å². The smallest absolute Gasteiger partial charge is 0.221 e. The second-order valence-corrected chi connectivity index (χ2v) is 5.91. The SMILES string of the molecule is CCNC(=O)CCN(C)C1(CN)CCC(CC)CC1. The molecule has 112 valence electrons. The molecule has 0 atom stereocenters. The zero-order chi connectivity index (χ0) is 14.3. The first kappa shape index (κ1) is 16.4. The molecule has 1 aliphatic carbocycles. The zero-order valence-electron chi connectivity index (χ0n) is 12.9. The molecule has 3 N–H and O–H groups in total.